The highest BCUT2D eigenvalue weighted by Crippen LogP contribution is 2.01. The number of nitrogens with one attached hydrogen (secondary N) is 1. The number of hydrogen-bond acceptors (Lipinski definition) is 3. The van der Waals surface area contributed by atoms with Crippen LogP contribution in [0.1, 0.15) is 6.92 Å². The molecule has 0 unspecified atom stereocenters. The summed E-state index contributed by atoms with van der Waals surface area (Å²) >= 11 is 0. The van der Waals surface area contributed by atoms with Crippen molar-refractivity contribution in [1.82, 2.24) is 5.32 Å². The van der Waals surface area contributed by atoms with Gasteiger partial charge < -0.3 is 10.1 Å². The summed E-state index contributed by atoms with van der Waals surface area (Å²) in [7, 11) is 0. The van der Waals surface area contributed by atoms with E-state index in [4.69, 9.17) is 4.74 Å². The van der Waals surface area contributed by atoms with Crippen LogP contribution in [-0.4, -0.2) is 18.3 Å². The van der Waals surface area contributed by atoms with Crippen molar-refractivity contribution in [3.05, 3.63) is 24.6 Å². The maximum atomic E-state index is 10.8. The van der Waals surface area contributed by atoms with Crippen LogP contribution in [0.4, 0.5) is 0 Å². The van der Waals surface area contributed by atoms with Gasteiger partial charge in [-0.1, -0.05) is 12.7 Å². The van der Waals surface area contributed by atoms with Gasteiger partial charge in [-0.2, -0.15) is 0 Å². The Hall–Kier alpha value is -1.58. The molecule has 1 aliphatic heterocycles. The summed E-state index contributed by atoms with van der Waals surface area (Å²) in [4.78, 5) is 14.7. The third kappa shape index (κ3) is 1.95. The molecule has 0 radical (unpaired) electrons. The molecule has 1 heterocycles. The molecule has 4 nitrogen and oxygen atoms in total. The van der Waals surface area contributed by atoms with Gasteiger partial charge in [0.25, 0.3) is 5.91 Å². The van der Waals surface area contributed by atoms with Gasteiger partial charge in [-0.05, 0) is 6.92 Å². The van der Waals surface area contributed by atoms with Crippen molar-refractivity contribution in [2.24, 2.45) is 4.99 Å². The summed E-state index contributed by atoms with van der Waals surface area (Å²) in [6.07, 6.45) is 3.32. The van der Waals surface area contributed by atoms with E-state index in [9.17, 15) is 4.79 Å². The van der Waals surface area contributed by atoms with Crippen molar-refractivity contribution in [3.63, 3.8) is 0 Å². The Morgan fingerprint density at radius 1 is 1.75 bits per heavy atom. The zero-order valence-corrected chi connectivity index (χ0v) is 6.83. The molecule has 0 aromatic heterocycles. The lowest BCUT2D eigenvalue weighted by molar-refractivity contribution is -0.123. The molecule has 0 atom stereocenters. The van der Waals surface area contributed by atoms with Crippen LogP contribution in [0.2, 0.25) is 0 Å². The zero-order chi connectivity index (χ0) is 8.97. The number of aliphatic imine (C=N–C) groups is 1. The summed E-state index contributed by atoms with van der Waals surface area (Å²) in [6.45, 7) is 5.43. The van der Waals surface area contributed by atoms with Gasteiger partial charge in [0.2, 0.25) is 0 Å². The molecule has 1 aliphatic rings. The zero-order valence-electron chi connectivity index (χ0n) is 6.83. The van der Waals surface area contributed by atoms with Gasteiger partial charge in [0.05, 0.1) is 0 Å². The van der Waals surface area contributed by atoms with E-state index >= 15 is 0 Å². The van der Waals surface area contributed by atoms with Gasteiger partial charge in [-0.3, -0.25) is 4.79 Å². The second-order valence-electron chi connectivity index (χ2n) is 2.22. The van der Waals surface area contributed by atoms with Crippen LogP contribution in [-0.2, 0) is 9.53 Å². The topological polar surface area (TPSA) is 50.7 Å². The van der Waals surface area contributed by atoms with Gasteiger partial charge in [0, 0.05) is 6.20 Å². The maximum Gasteiger partial charge on any atom is 0.263 e. The first-order chi connectivity index (χ1) is 5.74. The molecule has 1 fully saturated rings. The van der Waals surface area contributed by atoms with Gasteiger partial charge >= 0.3 is 0 Å². The molecule has 0 aromatic carbocycles. The lowest BCUT2D eigenvalue weighted by atomic mass is 10.4. The Morgan fingerprint density at radius 2 is 2.50 bits per heavy atom. The van der Waals surface area contributed by atoms with Crippen LogP contribution in [0.5, 0.6) is 0 Å². The molecule has 0 aliphatic carbocycles. The first-order valence-electron chi connectivity index (χ1n) is 3.55. The Kier molecular flexibility index (Phi) is 2.63. The molecule has 4 heteroatoms. The second kappa shape index (κ2) is 3.71. The SMILES string of the molecule is C=C1OCC(=O)N/C1=N/C=C\C. The lowest BCUT2D eigenvalue weighted by Crippen LogP contribution is -2.40. The first kappa shape index (κ1) is 8.52. The van der Waals surface area contributed by atoms with E-state index in [1.54, 1.807) is 12.3 Å². The van der Waals surface area contributed by atoms with E-state index in [0.717, 1.165) is 0 Å². The van der Waals surface area contributed by atoms with E-state index in [-0.39, 0.29) is 12.5 Å². The maximum absolute atomic E-state index is 10.8. The van der Waals surface area contributed by atoms with Crippen molar-refractivity contribution in [2.45, 2.75) is 6.92 Å². The Balaban J connectivity index is 2.73. The molecule has 1 saturated heterocycles. The molecule has 0 bridgehead atoms. The summed E-state index contributed by atoms with van der Waals surface area (Å²) in [5.41, 5.74) is 0. The van der Waals surface area contributed by atoms with Gasteiger partial charge in [0.15, 0.2) is 18.2 Å². The quantitative estimate of drug-likeness (QED) is 0.619. The average Bonchev–Trinajstić information content (AvgIpc) is 2.07. The number of rotatable bonds is 1. The molecule has 1 amide bonds. The highest BCUT2D eigenvalue weighted by atomic mass is 16.5. The average molecular weight is 166 g/mol. The number of amides is 1. The Morgan fingerprint density at radius 3 is 3.17 bits per heavy atom. The molecule has 64 valence electrons. The van der Waals surface area contributed by atoms with E-state index in [2.05, 4.69) is 16.9 Å². The van der Waals surface area contributed by atoms with Crippen molar-refractivity contribution < 1.29 is 9.53 Å². The van der Waals surface area contributed by atoms with Crippen LogP contribution in [0.25, 0.3) is 0 Å². The third-order valence-corrected chi connectivity index (χ3v) is 1.25. The van der Waals surface area contributed by atoms with Gasteiger partial charge in [-0.25, -0.2) is 4.99 Å². The number of allylic oxidation sites excluding steroid dienone is 1. The smallest absolute Gasteiger partial charge is 0.263 e. The number of morpholine rings is 1. The predicted octanol–water partition coefficient (Wildman–Crippen LogP) is 0.579. The van der Waals surface area contributed by atoms with E-state index < -0.39 is 0 Å². The predicted molar refractivity (Wildman–Crippen MR) is 45.5 cm³/mol. The minimum atomic E-state index is -0.203. The number of carbonyl (C=O) groups excluding carboxylic acids is 1. The van der Waals surface area contributed by atoms with Crippen molar-refractivity contribution in [3.8, 4) is 0 Å². The number of hydrogen-bond donors (Lipinski definition) is 1. The van der Waals surface area contributed by atoms with Crippen LogP contribution in [0.3, 0.4) is 0 Å². The van der Waals surface area contributed by atoms with Gasteiger partial charge in [0.1, 0.15) is 0 Å². The van der Waals surface area contributed by atoms with Crippen LogP contribution < -0.4 is 5.32 Å². The van der Waals surface area contributed by atoms with Gasteiger partial charge in [-0.15, -0.1) is 0 Å². The number of ether oxygens (including phenoxy) is 1. The molecular weight excluding hydrogens is 156 g/mol. The summed E-state index contributed by atoms with van der Waals surface area (Å²) < 4.78 is 4.93. The molecule has 1 N–H and O–H groups in total. The monoisotopic (exact) mass is 166 g/mol. The van der Waals surface area contributed by atoms with E-state index in [1.807, 2.05) is 6.92 Å². The first-order valence-corrected chi connectivity index (χ1v) is 3.55. The fourth-order valence-corrected chi connectivity index (χ4v) is 0.712. The minimum absolute atomic E-state index is 0.0215. The van der Waals surface area contributed by atoms with E-state index in [1.165, 1.54) is 0 Å². The minimum Gasteiger partial charge on any atom is -0.481 e. The Labute approximate surface area is 70.6 Å². The number of amidine groups is 1. The fraction of sp³-hybridized carbons (Fsp3) is 0.250. The Bertz CT molecular complexity index is 266. The van der Waals surface area contributed by atoms with Crippen molar-refractivity contribution in [2.75, 3.05) is 6.61 Å². The lowest BCUT2D eigenvalue weighted by Gasteiger charge is -2.16. The normalized spacial score (nSPS) is 21.2. The van der Waals surface area contributed by atoms with Crippen molar-refractivity contribution >= 4 is 11.7 Å². The van der Waals surface area contributed by atoms with Crippen molar-refractivity contribution in [1.29, 1.82) is 0 Å². The third-order valence-electron chi connectivity index (χ3n) is 1.25. The molecule has 12 heavy (non-hydrogen) atoms. The highest BCUT2D eigenvalue weighted by molar-refractivity contribution is 6.08. The molecule has 0 spiro atoms. The number of carbonyl (C=O) groups is 1. The molecule has 0 aromatic rings. The summed E-state index contributed by atoms with van der Waals surface area (Å²) in [5, 5.41) is 2.54. The highest BCUT2D eigenvalue weighted by Gasteiger charge is 2.17. The van der Waals surface area contributed by atoms with Crippen LogP contribution >= 0.6 is 0 Å². The molecule has 0 saturated carbocycles. The molecule has 1 rings (SSSR count). The van der Waals surface area contributed by atoms with Crippen LogP contribution in [0, 0.1) is 0 Å². The largest absolute Gasteiger partial charge is 0.481 e. The fourth-order valence-electron chi connectivity index (χ4n) is 0.712. The summed E-state index contributed by atoms with van der Waals surface area (Å²) in [6, 6.07) is 0. The standard InChI is InChI=1S/C8H10N2O2/c1-3-4-9-8-6(2)12-5-7(11)10-8/h3-4H,2,5H2,1H3,(H,9,10,11)/b4-3-. The van der Waals surface area contributed by atoms with E-state index in [0.29, 0.717) is 11.6 Å². The summed E-state index contributed by atoms with van der Waals surface area (Å²) in [5.74, 6) is 0.572. The van der Waals surface area contributed by atoms with Crippen LogP contribution in [0.15, 0.2) is 29.6 Å². The second-order valence-corrected chi connectivity index (χ2v) is 2.22. The number of nitrogens with zero attached hydrogens (tertiary/aromatic N) is 1. The molecular formula is C8H10N2O2.